The molecule has 0 aromatic heterocycles. The molecule has 0 fully saturated rings. The Morgan fingerprint density at radius 1 is 1.04 bits per heavy atom. The summed E-state index contributed by atoms with van der Waals surface area (Å²) in [4.78, 5) is 24.0. The summed E-state index contributed by atoms with van der Waals surface area (Å²) in [5.41, 5.74) is 0.969. The third kappa shape index (κ3) is 5.80. The van der Waals surface area contributed by atoms with Gasteiger partial charge in [-0.25, -0.2) is 4.79 Å². The predicted octanol–water partition coefficient (Wildman–Crippen LogP) is 3.53. The van der Waals surface area contributed by atoms with E-state index in [-0.39, 0.29) is 18.6 Å². The van der Waals surface area contributed by atoms with Crippen molar-refractivity contribution in [3.63, 3.8) is 0 Å². The molecule has 0 aliphatic carbocycles. The Hall–Kier alpha value is -2.53. The minimum absolute atomic E-state index is 0.186. The van der Waals surface area contributed by atoms with E-state index in [0.717, 1.165) is 5.56 Å². The second-order valence-corrected chi connectivity index (χ2v) is 5.90. The summed E-state index contributed by atoms with van der Waals surface area (Å²) in [6.07, 6.45) is -0.923. The Labute approximate surface area is 151 Å². The number of esters is 1. The third-order valence-electron chi connectivity index (χ3n) is 3.52. The van der Waals surface area contributed by atoms with Crippen molar-refractivity contribution in [3.8, 4) is 5.75 Å². The Morgan fingerprint density at radius 3 is 2.36 bits per heavy atom. The van der Waals surface area contributed by atoms with Gasteiger partial charge in [0.25, 0.3) is 5.91 Å². The molecule has 0 bridgehead atoms. The van der Waals surface area contributed by atoms with Gasteiger partial charge in [-0.05, 0) is 31.5 Å². The smallest absolute Gasteiger partial charge is 0.344 e. The van der Waals surface area contributed by atoms with E-state index in [1.807, 2.05) is 37.3 Å². The molecule has 2 unspecified atom stereocenters. The van der Waals surface area contributed by atoms with Crippen LogP contribution in [0.1, 0.15) is 25.5 Å². The maximum atomic E-state index is 12.1. The van der Waals surface area contributed by atoms with Crippen LogP contribution in [0.2, 0.25) is 5.02 Å². The average Bonchev–Trinajstić information content (AvgIpc) is 2.61. The van der Waals surface area contributed by atoms with Crippen molar-refractivity contribution in [2.45, 2.75) is 26.0 Å². The largest absolute Gasteiger partial charge is 0.480 e. The van der Waals surface area contributed by atoms with Crippen molar-refractivity contribution in [1.82, 2.24) is 5.32 Å². The van der Waals surface area contributed by atoms with Gasteiger partial charge in [0, 0.05) is 0 Å². The van der Waals surface area contributed by atoms with Crippen LogP contribution in [0.5, 0.6) is 5.75 Å². The van der Waals surface area contributed by atoms with Crippen LogP contribution < -0.4 is 10.1 Å². The van der Waals surface area contributed by atoms with Crippen molar-refractivity contribution < 1.29 is 19.1 Å². The Balaban J connectivity index is 1.80. The number of benzene rings is 2. The minimum atomic E-state index is -0.923. The summed E-state index contributed by atoms with van der Waals surface area (Å²) >= 11 is 5.94. The Bertz CT molecular complexity index is 720. The van der Waals surface area contributed by atoms with E-state index in [0.29, 0.717) is 10.8 Å². The highest BCUT2D eigenvalue weighted by atomic mass is 35.5. The molecule has 132 valence electrons. The average molecular weight is 362 g/mol. The zero-order valence-electron chi connectivity index (χ0n) is 14.1. The maximum absolute atomic E-state index is 12.1. The van der Waals surface area contributed by atoms with Crippen LogP contribution in [0.25, 0.3) is 0 Å². The van der Waals surface area contributed by atoms with E-state index in [1.165, 1.54) is 6.92 Å². The second-order valence-electron chi connectivity index (χ2n) is 5.49. The minimum Gasteiger partial charge on any atom is -0.480 e. The van der Waals surface area contributed by atoms with Crippen LogP contribution in [0.15, 0.2) is 54.6 Å². The number of para-hydroxylation sites is 1. The van der Waals surface area contributed by atoms with Gasteiger partial charge in [-0.1, -0.05) is 54.1 Å². The molecule has 1 amide bonds. The van der Waals surface area contributed by atoms with Crippen LogP contribution >= 0.6 is 11.6 Å². The first-order chi connectivity index (χ1) is 12.0. The van der Waals surface area contributed by atoms with Gasteiger partial charge >= 0.3 is 5.97 Å². The van der Waals surface area contributed by atoms with Crippen LogP contribution in [-0.4, -0.2) is 24.6 Å². The number of nitrogens with one attached hydrogen (secondary N) is 1. The molecule has 5 nitrogen and oxygen atoms in total. The Kier molecular flexibility index (Phi) is 6.83. The molecular formula is C19H20ClNO4. The van der Waals surface area contributed by atoms with Gasteiger partial charge in [-0.3, -0.25) is 4.79 Å². The van der Waals surface area contributed by atoms with E-state index >= 15 is 0 Å². The van der Waals surface area contributed by atoms with E-state index < -0.39 is 12.1 Å². The highest BCUT2D eigenvalue weighted by molar-refractivity contribution is 6.32. The quantitative estimate of drug-likeness (QED) is 0.766. The fraction of sp³-hybridized carbons (Fsp3) is 0.263. The van der Waals surface area contributed by atoms with E-state index in [2.05, 4.69) is 5.32 Å². The highest BCUT2D eigenvalue weighted by Gasteiger charge is 2.20. The fourth-order valence-electron chi connectivity index (χ4n) is 2.14. The lowest BCUT2D eigenvalue weighted by atomic mass is 10.1. The highest BCUT2D eigenvalue weighted by Crippen LogP contribution is 2.22. The first-order valence-electron chi connectivity index (χ1n) is 7.89. The molecule has 0 radical (unpaired) electrons. The van der Waals surface area contributed by atoms with Crippen LogP contribution in [0, 0.1) is 0 Å². The molecule has 0 heterocycles. The normalized spacial score (nSPS) is 12.8. The number of hydrogen-bond acceptors (Lipinski definition) is 4. The summed E-state index contributed by atoms with van der Waals surface area (Å²) < 4.78 is 10.4. The van der Waals surface area contributed by atoms with Gasteiger partial charge in [-0.2, -0.15) is 0 Å². The molecule has 2 aromatic carbocycles. The number of amides is 1. The topological polar surface area (TPSA) is 64.6 Å². The maximum Gasteiger partial charge on any atom is 0.344 e. The third-order valence-corrected chi connectivity index (χ3v) is 3.83. The molecule has 2 atom stereocenters. The van der Waals surface area contributed by atoms with Crippen molar-refractivity contribution in [3.05, 3.63) is 65.2 Å². The zero-order chi connectivity index (χ0) is 18.2. The monoisotopic (exact) mass is 361 g/mol. The number of rotatable bonds is 7. The van der Waals surface area contributed by atoms with Gasteiger partial charge in [0.15, 0.2) is 12.7 Å². The number of carbonyl (C=O) groups is 2. The molecule has 0 spiro atoms. The molecule has 25 heavy (non-hydrogen) atoms. The van der Waals surface area contributed by atoms with Crippen LogP contribution in [0.4, 0.5) is 0 Å². The first-order valence-corrected chi connectivity index (χ1v) is 8.27. The molecule has 2 aromatic rings. The van der Waals surface area contributed by atoms with Crippen molar-refractivity contribution >= 4 is 23.5 Å². The molecule has 0 aliphatic heterocycles. The molecule has 6 heteroatoms. The summed E-state index contributed by atoms with van der Waals surface area (Å²) in [5, 5.41) is 3.21. The van der Waals surface area contributed by atoms with Gasteiger partial charge in [0.2, 0.25) is 0 Å². The molecule has 0 saturated carbocycles. The molecule has 2 rings (SSSR count). The number of ether oxygens (including phenoxy) is 2. The summed E-state index contributed by atoms with van der Waals surface area (Å²) in [5.74, 6) is -0.631. The van der Waals surface area contributed by atoms with Gasteiger partial charge < -0.3 is 14.8 Å². The zero-order valence-corrected chi connectivity index (χ0v) is 14.8. The van der Waals surface area contributed by atoms with Crippen LogP contribution in [0.3, 0.4) is 0 Å². The lowest BCUT2D eigenvalue weighted by Crippen LogP contribution is -2.38. The molecular weight excluding hydrogens is 342 g/mol. The summed E-state index contributed by atoms with van der Waals surface area (Å²) in [7, 11) is 0. The lowest BCUT2D eigenvalue weighted by molar-refractivity contribution is -0.156. The lowest BCUT2D eigenvalue weighted by Gasteiger charge is -2.18. The van der Waals surface area contributed by atoms with Gasteiger partial charge in [0.1, 0.15) is 5.75 Å². The fourth-order valence-corrected chi connectivity index (χ4v) is 2.33. The number of halogens is 1. The van der Waals surface area contributed by atoms with Gasteiger partial charge in [-0.15, -0.1) is 0 Å². The number of hydrogen-bond donors (Lipinski definition) is 1. The van der Waals surface area contributed by atoms with Gasteiger partial charge in [0.05, 0.1) is 11.1 Å². The molecule has 1 N–H and O–H groups in total. The standard InChI is InChI=1S/C19H20ClNO4/c1-13(15-8-4-3-5-9-15)21-19(23)14(2)25-18(22)12-24-17-11-7-6-10-16(17)20/h3-11,13-14H,12H2,1-2H3,(H,21,23). The second kappa shape index (κ2) is 9.08. The first kappa shape index (κ1) is 18.8. The van der Waals surface area contributed by atoms with E-state index in [4.69, 9.17) is 21.1 Å². The van der Waals surface area contributed by atoms with E-state index in [1.54, 1.807) is 24.3 Å². The van der Waals surface area contributed by atoms with Crippen molar-refractivity contribution in [1.29, 1.82) is 0 Å². The summed E-state index contributed by atoms with van der Waals surface area (Å²) in [6.45, 7) is 3.05. The summed E-state index contributed by atoms with van der Waals surface area (Å²) in [6, 6.07) is 16.1. The van der Waals surface area contributed by atoms with Crippen molar-refractivity contribution in [2.75, 3.05) is 6.61 Å². The van der Waals surface area contributed by atoms with Crippen molar-refractivity contribution in [2.24, 2.45) is 0 Å². The predicted molar refractivity (Wildman–Crippen MR) is 95.5 cm³/mol. The Morgan fingerprint density at radius 2 is 1.68 bits per heavy atom. The van der Waals surface area contributed by atoms with Crippen LogP contribution in [-0.2, 0) is 14.3 Å². The molecule has 0 saturated heterocycles. The van der Waals surface area contributed by atoms with E-state index in [9.17, 15) is 9.59 Å². The number of carbonyl (C=O) groups excluding carboxylic acids is 2. The molecule has 0 aliphatic rings. The SMILES string of the molecule is CC(OC(=O)COc1ccccc1Cl)C(=O)NC(C)c1ccccc1.